The van der Waals surface area contributed by atoms with Crippen molar-refractivity contribution >= 4 is 51.4 Å². The van der Waals surface area contributed by atoms with E-state index in [1.807, 2.05) is 92.7 Å². The van der Waals surface area contributed by atoms with E-state index in [9.17, 15) is 9.59 Å². The Morgan fingerprint density at radius 2 is 1.58 bits per heavy atom. The second-order valence-corrected chi connectivity index (χ2v) is 8.63. The van der Waals surface area contributed by atoms with Gasteiger partial charge in [-0.05, 0) is 36.1 Å². The van der Waals surface area contributed by atoms with E-state index in [1.54, 1.807) is 4.57 Å². The van der Waals surface area contributed by atoms with Crippen LogP contribution < -0.4 is 16.1 Å². The van der Waals surface area contributed by atoms with Crippen molar-refractivity contribution in [1.82, 2.24) is 19.7 Å². The van der Waals surface area contributed by atoms with Crippen molar-refractivity contribution in [3.8, 4) is 28.5 Å². The quantitative estimate of drug-likeness (QED) is 0.300. The molecular formula is C29H26KN4O4. The van der Waals surface area contributed by atoms with Crippen molar-refractivity contribution in [2.24, 2.45) is 0 Å². The first kappa shape index (κ1) is 27.9. The topological polar surface area (TPSA) is 103 Å². The van der Waals surface area contributed by atoms with Gasteiger partial charge in [0, 0.05) is 68.9 Å². The van der Waals surface area contributed by atoms with Crippen LogP contribution in [-0.2, 0) is 13.0 Å². The van der Waals surface area contributed by atoms with Crippen molar-refractivity contribution in [3.05, 3.63) is 122 Å². The molecule has 0 spiro atoms. The van der Waals surface area contributed by atoms with Crippen LogP contribution in [0.2, 0.25) is 0 Å². The van der Waals surface area contributed by atoms with Gasteiger partial charge in [0.15, 0.2) is 5.82 Å². The van der Waals surface area contributed by atoms with Gasteiger partial charge in [-0.1, -0.05) is 84.0 Å². The summed E-state index contributed by atoms with van der Waals surface area (Å²) in [5.74, 6) is -0.233. The van der Waals surface area contributed by atoms with Crippen molar-refractivity contribution < 1.29 is 9.26 Å². The van der Waals surface area contributed by atoms with Gasteiger partial charge in [0.2, 0.25) is 0 Å². The van der Waals surface area contributed by atoms with Crippen LogP contribution in [-0.4, -0.2) is 77.7 Å². The molecule has 1 N–H and O–H groups in total. The number of H-pyrrole nitrogens is 1. The van der Waals surface area contributed by atoms with Gasteiger partial charge in [0.05, 0.1) is 18.8 Å². The Kier molecular flexibility index (Phi) is 9.29. The molecule has 0 fully saturated rings. The Morgan fingerprint density at radius 3 is 2.24 bits per heavy atom. The number of aromatic nitrogens is 4. The summed E-state index contributed by atoms with van der Waals surface area (Å²) in [6, 6.07) is 25.7. The minimum Gasteiger partial charge on any atom is -0.465 e. The Morgan fingerprint density at radius 1 is 0.895 bits per heavy atom. The molecule has 187 valence electrons. The fraction of sp³-hybridized carbons (Fsp3) is 0.172. The van der Waals surface area contributed by atoms with Crippen molar-refractivity contribution in [1.29, 1.82) is 0 Å². The summed E-state index contributed by atoms with van der Waals surface area (Å²) in [5, 5.41) is 3.83. The summed E-state index contributed by atoms with van der Waals surface area (Å²) in [7, 11) is 0. The number of nitrogens with one attached hydrogen (secondary N) is 1. The fourth-order valence-corrected chi connectivity index (χ4v) is 4.32. The number of rotatable bonds is 8. The van der Waals surface area contributed by atoms with Crippen molar-refractivity contribution in [2.75, 3.05) is 6.61 Å². The number of aromatic amines is 1. The van der Waals surface area contributed by atoms with E-state index < -0.39 is 5.76 Å². The maximum absolute atomic E-state index is 13.6. The smallest absolute Gasteiger partial charge is 0.439 e. The van der Waals surface area contributed by atoms with Crippen molar-refractivity contribution in [3.63, 3.8) is 0 Å². The number of aryl methyl sites for hydroxylation is 1. The summed E-state index contributed by atoms with van der Waals surface area (Å²) in [6.07, 6.45) is 0.505. The molecule has 0 atom stereocenters. The third kappa shape index (κ3) is 6.14. The van der Waals surface area contributed by atoms with Gasteiger partial charge < -0.3 is 4.74 Å². The van der Waals surface area contributed by atoms with E-state index >= 15 is 0 Å². The molecule has 9 heteroatoms. The minimum absolute atomic E-state index is 0. The average Bonchev–Trinajstić information content (AvgIpc) is 3.36. The molecule has 0 unspecified atom stereocenters. The van der Waals surface area contributed by atoms with Crippen LogP contribution in [0.25, 0.3) is 22.5 Å². The third-order valence-electron chi connectivity index (χ3n) is 6.16. The van der Waals surface area contributed by atoms with E-state index in [0.717, 1.165) is 27.8 Å². The maximum atomic E-state index is 13.6. The van der Waals surface area contributed by atoms with Gasteiger partial charge in [-0.2, -0.15) is 0 Å². The normalized spacial score (nSPS) is 10.7. The largest absolute Gasteiger partial charge is 0.465 e. The Balaban J connectivity index is 0.00000336. The Hall–Kier alpha value is -3.08. The first-order chi connectivity index (χ1) is 18.0. The van der Waals surface area contributed by atoms with Crippen LogP contribution in [0.4, 0.5) is 0 Å². The summed E-state index contributed by atoms with van der Waals surface area (Å²) >= 11 is 0. The summed E-state index contributed by atoms with van der Waals surface area (Å²) in [4.78, 5) is 32.3. The van der Waals surface area contributed by atoms with E-state index in [1.165, 1.54) is 0 Å². The molecule has 0 saturated carbocycles. The summed E-state index contributed by atoms with van der Waals surface area (Å²) < 4.78 is 12.0. The second-order valence-electron chi connectivity index (χ2n) is 8.63. The predicted octanol–water partition coefficient (Wildman–Crippen LogP) is 4.22. The summed E-state index contributed by atoms with van der Waals surface area (Å²) in [5.41, 5.74) is 5.79. The molecule has 0 amide bonds. The van der Waals surface area contributed by atoms with Crippen LogP contribution in [0.5, 0.6) is 6.01 Å². The van der Waals surface area contributed by atoms with Crippen LogP contribution in [0.15, 0.2) is 93.0 Å². The Bertz CT molecular complexity index is 1640. The molecule has 0 aliphatic heterocycles. The first-order valence-electron chi connectivity index (χ1n) is 12.0. The number of hydrogen-bond acceptors (Lipinski definition) is 6. The van der Waals surface area contributed by atoms with Crippen molar-refractivity contribution in [2.45, 2.75) is 26.8 Å². The fourth-order valence-electron chi connectivity index (χ4n) is 4.32. The van der Waals surface area contributed by atoms with Crippen LogP contribution in [0.1, 0.15) is 29.3 Å². The third-order valence-corrected chi connectivity index (χ3v) is 6.16. The van der Waals surface area contributed by atoms with Gasteiger partial charge in [-0.15, -0.1) is 0 Å². The van der Waals surface area contributed by atoms with Crippen LogP contribution >= 0.6 is 0 Å². The molecule has 0 aliphatic carbocycles. The van der Waals surface area contributed by atoms with E-state index in [4.69, 9.17) is 4.74 Å². The van der Waals surface area contributed by atoms with Gasteiger partial charge in [0.1, 0.15) is 0 Å². The van der Waals surface area contributed by atoms with Crippen LogP contribution in [0, 0.1) is 6.92 Å². The van der Waals surface area contributed by atoms with E-state index in [0.29, 0.717) is 42.7 Å². The zero-order valence-electron chi connectivity index (χ0n) is 21.6. The SMILES string of the molecule is CCOc1nc(C)c(Cc2ccccc2)c(=O)n1Cc1ccc(-c2ccccc2-c2noc(=O)[nH]2)cc1.[K]. The van der Waals surface area contributed by atoms with Gasteiger partial charge >= 0.3 is 5.76 Å². The molecule has 1 radical (unpaired) electrons. The number of nitrogens with zero attached hydrogens (tertiary/aromatic N) is 3. The summed E-state index contributed by atoms with van der Waals surface area (Å²) in [6.45, 7) is 4.45. The van der Waals surface area contributed by atoms with Gasteiger partial charge in [0.25, 0.3) is 11.6 Å². The Labute approximate surface area is 262 Å². The maximum Gasteiger partial charge on any atom is 0.439 e. The molecule has 2 heterocycles. The van der Waals surface area contributed by atoms with Gasteiger partial charge in [-0.25, -0.2) is 9.78 Å². The molecule has 0 bridgehead atoms. The van der Waals surface area contributed by atoms with Gasteiger partial charge in [-0.3, -0.25) is 18.9 Å². The number of hydrogen-bond donors (Lipinski definition) is 1. The molecule has 0 saturated heterocycles. The monoisotopic (exact) mass is 533 g/mol. The molecular weight excluding hydrogens is 507 g/mol. The second kappa shape index (κ2) is 12.6. The molecule has 3 aromatic carbocycles. The standard InChI is InChI=1S/C29H26N4O4.K/c1-3-36-28-30-19(2)25(17-20-9-5-4-6-10-20)27(34)33(28)18-21-13-15-22(16-14-21)23-11-7-8-12-24(23)26-31-29(35)37-32-26;/h4-16H,3,17-18H2,1-2H3,(H,31,32,35);. The molecule has 2 aromatic heterocycles. The molecule has 5 rings (SSSR count). The van der Waals surface area contributed by atoms with Crippen LogP contribution in [0.3, 0.4) is 0 Å². The first-order valence-corrected chi connectivity index (χ1v) is 12.0. The molecule has 5 aromatic rings. The van der Waals surface area contributed by atoms with E-state index in [2.05, 4.69) is 19.6 Å². The minimum atomic E-state index is -0.603. The zero-order chi connectivity index (χ0) is 25.8. The van der Waals surface area contributed by atoms with E-state index in [-0.39, 0.29) is 56.9 Å². The number of ether oxygens (including phenoxy) is 1. The molecule has 8 nitrogen and oxygen atoms in total. The molecule has 0 aliphatic rings. The number of benzene rings is 3. The molecule has 38 heavy (non-hydrogen) atoms. The zero-order valence-corrected chi connectivity index (χ0v) is 24.7. The average molecular weight is 534 g/mol. The predicted molar refractivity (Wildman–Crippen MR) is 147 cm³/mol.